The summed E-state index contributed by atoms with van der Waals surface area (Å²) in [6.07, 6.45) is 3.81. The van der Waals surface area contributed by atoms with Crippen LogP contribution < -0.4 is 0 Å². The first-order valence-electron chi connectivity index (χ1n) is 3.77. The van der Waals surface area contributed by atoms with E-state index >= 15 is 0 Å². The summed E-state index contributed by atoms with van der Waals surface area (Å²) < 4.78 is 0. The molecular formula is C10H17N. The molecule has 0 aromatic heterocycles. The fourth-order valence-corrected chi connectivity index (χ4v) is 0.445. The molecule has 11 heavy (non-hydrogen) atoms. The van der Waals surface area contributed by atoms with Gasteiger partial charge >= 0.3 is 0 Å². The van der Waals surface area contributed by atoms with Crippen molar-refractivity contribution in [1.82, 2.24) is 4.90 Å². The lowest BCUT2D eigenvalue weighted by atomic mass is 9.98. The molecule has 0 aliphatic rings. The second-order valence-electron chi connectivity index (χ2n) is 3.80. The lowest BCUT2D eigenvalue weighted by Gasteiger charge is -2.06. The van der Waals surface area contributed by atoms with Gasteiger partial charge in [0.05, 0.1) is 0 Å². The molecule has 62 valence electrons. The van der Waals surface area contributed by atoms with Crippen molar-refractivity contribution in [3.8, 4) is 11.8 Å². The fraction of sp³-hybridized carbons (Fsp3) is 0.600. The summed E-state index contributed by atoms with van der Waals surface area (Å²) >= 11 is 0. The zero-order chi connectivity index (χ0) is 8.91. The molecule has 0 saturated carbocycles. The van der Waals surface area contributed by atoms with Gasteiger partial charge in [-0.25, -0.2) is 0 Å². The monoisotopic (exact) mass is 151 g/mol. The Morgan fingerprint density at radius 3 is 2.09 bits per heavy atom. The highest BCUT2D eigenvalue weighted by atomic mass is 15.0. The van der Waals surface area contributed by atoms with Crippen LogP contribution in [0.5, 0.6) is 0 Å². The first kappa shape index (κ1) is 10.1. The van der Waals surface area contributed by atoms with Gasteiger partial charge in [-0.3, -0.25) is 0 Å². The highest BCUT2D eigenvalue weighted by molar-refractivity contribution is 5.18. The van der Waals surface area contributed by atoms with Crippen LogP contribution in [0.2, 0.25) is 0 Å². The number of nitrogens with zero attached hydrogens (tertiary/aromatic N) is 1. The Bertz CT molecular complexity index is 183. The summed E-state index contributed by atoms with van der Waals surface area (Å²) in [4.78, 5) is 1.97. The molecule has 0 aromatic carbocycles. The van der Waals surface area contributed by atoms with Crippen LogP contribution in [0, 0.1) is 17.3 Å². The summed E-state index contributed by atoms with van der Waals surface area (Å²) in [7, 11) is 3.96. The van der Waals surface area contributed by atoms with E-state index in [9.17, 15) is 0 Å². The Labute approximate surface area is 70.1 Å². The van der Waals surface area contributed by atoms with Gasteiger partial charge in [0.2, 0.25) is 0 Å². The van der Waals surface area contributed by atoms with Gasteiger partial charge in [-0.1, -0.05) is 11.8 Å². The molecule has 1 heteroatoms. The normalized spacial score (nSPS) is 11.0. The van der Waals surface area contributed by atoms with Crippen molar-refractivity contribution in [1.29, 1.82) is 0 Å². The third-order valence-corrected chi connectivity index (χ3v) is 0.903. The molecule has 0 aliphatic heterocycles. The summed E-state index contributed by atoms with van der Waals surface area (Å²) in [5, 5.41) is 0. The van der Waals surface area contributed by atoms with Crippen LogP contribution in [0.4, 0.5) is 0 Å². The minimum atomic E-state index is 0.108. The first-order chi connectivity index (χ1) is 4.92. The van der Waals surface area contributed by atoms with Crippen molar-refractivity contribution in [2.45, 2.75) is 20.8 Å². The molecule has 0 heterocycles. The van der Waals surface area contributed by atoms with Crippen LogP contribution in [0.1, 0.15) is 20.8 Å². The predicted octanol–water partition coefficient (Wildman–Crippen LogP) is 2.11. The van der Waals surface area contributed by atoms with E-state index < -0.39 is 0 Å². The molecule has 0 amide bonds. The van der Waals surface area contributed by atoms with Crippen LogP contribution in [0.25, 0.3) is 0 Å². The summed E-state index contributed by atoms with van der Waals surface area (Å²) in [6, 6.07) is 0. The SMILES string of the molecule is CN(C)C=CC#CC(C)(C)C. The number of hydrogen-bond acceptors (Lipinski definition) is 1. The third kappa shape index (κ3) is 9.10. The molecule has 0 N–H and O–H groups in total. The van der Waals surface area contributed by atoms with Crippen molar-refractivity contribution in [2.75, 3.05) is 14.1 Å². The van der Waals surface area contributed by atoms with Crippen LogP contribution in [-0.2, 0) is 0 Å². The van der Waals surface area contributed by atoms with E-state index in [2.05, 4.69) is 32.6 Å². The molecule has 0 saturated heterocycles. The molecule has 0 unspecified atom stereocenters. The molecule has 0 atom stereocenters. The summed E-state index contributed by atoms with van der Waals surface area (Å²) in [6.45, 7) is 6.30. The van der Waals surface area contributed by atoms with Gasteiger partial charge in [0.25, 0.3) is 0 Å². The van der Waals surface area contributed by atoms with Gasteiger partial charge in [0, 0.05) is 31.8 Å². The van der Waals surface area contributed by atoms with E-state index in [4.69, 9.17) is 0 Å². The number of allylic oxidation sites excluding steroid dienone is 1. The maximum Gasteiger partial charge on any atom is 0.0233 e. The van der Waals surface area contributed by atoms with Gasteiger partial charge in [-0.15, -0.1) is 0 Å². The summed E-state index contributed by atoms with van der Waals surface area (Å²) in [5.74, 6) is 6.10. The van der Waals surface area contributed by atoms with Gasteiger partial charge in [-0.05, 0) is 20.8 Å². The average molecular weight is 151 g/mol. The Kier molecular flexibility index (Phi) is 3.74. The second-order valence-corrected chi connectivity index (χ2v) is 3.80. The van der Waals surface area contributed by atoms with Crippen LogP contribution in [0.15, 0.2) is 12.3 Å². The van der Waals surface area contributed by atoms with E-state index in [1.54, 1.807) is 0 Å². The van der Waals surface area contributed by atoms with Crippen molar-refractivity contribution >= 4 is 0 Å². The van der Waals surface area contributed by atoms with Crippen molar-refractivity contribution in [3.05, 3.63) is 12.3 Å². The quantitative estimate of drug-likeness (QED) is 0.519. The Hall–Kier alpha value is -0.900. The molecular weight excluding hydrogens is 134 g/mol. The minimum Gasteiger partial charge on any atom is -0.383 e. The van der Waals surface area contributed by atoms with Crippen molar-refractivity contribution in [3.63, 3.8) is 0 Å². The van der Waals surface area contributed by atoms with E-state index in [0.29, 0.717) is 0 Å². The highest BCUT2D eigenvalue weighted by Gasteiger charge is 2.01. The number of rotatable bonds is 1. The van der Waals surface area contributed by atoms with Crippen molar-refractivity contribution in [2.24, 2.45) is 5.41 Å². The van der Waals surface area contributed by atoms with Crippen LogP contribution in [-0.4, -0.2) is 19.0 Å². The topological polar surface area (TPSA) is 3.24 Å². The molecule has 0 fully saturated rings. The lowest BCUT2D eigenvalue weighted by molar-refractivity contribution is 0.563. The Morgan fingerprint density at radius 1 is 1.18 bits per heavy atom. The molecule has 0 radical (unpaired) electrons. The van der Waals surface area contributed by atoms with E-state index in [0.717, 1.165) is 0 Å². The zero-order valence-corrected chi connectivity index (χ0v) is 8.10. The van der Waals surface area contributed by atoms with Gasteiger partial charge in [0.15, 0.2) is 0 Å². The minimum absolute atomic E-state index is 0.108. The summed E-state index contributed by atoms with van der Waals surface area (Å²) in [5.41, 5.74) is 0.108. The molecule has 0 aromatic rings. The Balaban J connectivity index is 3.92. The zero-order valence-electron chi connectivity index (χ0n) is 8.10. The van der Waals surface area contributed by atoms with E-state index in [1.807, 2.05) is 31.3 Å². The first-order valence-corrected chi connectivity index (χ1v) is 3.77. The average Bonchev–Trinajstić information content (AvgIpc) is 1.78. The molecule has 0 rings (SSSR count). The largest absolute Gasteiger partial charge is 0.383 e. The van der Waals surface area contributed by atoms with E-state index in [-0.39, 0.29) is 5.41 Å². The third-order valence-electron chi connectivity index (χ3n) is 0.903. The van der Waals surface area contributed by atoms with Crippen LogP contribution >= 0.6 is 0 Å². The maximum absolute atomic E-state index is 3.11. The lowest BCUT2D eigenvalue weighted by Crippen LogP contribution is -2.00. The van der Waals surface area contributed by atoms with Gasteiger partial charge < -0.3 is 4.90 Å². The van der Waals surface area contributed by atoms with Gasteiger partial charge in [-0.2, -0.15) is 0 Å². The highest BCUT2D eigenvalue weighted by Crippen LogP contribution is 2.09. The molecule has 0 bridgehead atoms. The standard InChI is InChI=1S/C10H17N/c1-10(2,3)8-6-7-9-11(4)5/h7,9H,1-5H3. The molecule has 1 nitrogen and oxygen atoms in total. The van der Waals surface area contributed by atoms with Crippen molar-refractivity contribution < 1.29 is 0 Å². The number of hydrogen-bond donors (Lipinski definition) is 0. The maximum atomic E-state index is 3.11. The molecule has 0 aliphatic carbocycles. The van der Waals surface area contributed by atoms with Crippen LogP contribution in [0.3, 0.4) is 0 Å². The molecule has 0 spiro atoms. The van der Waals surface area contributed by atoms with E-state index in [1.165, 1.54) is 0 Å². The fourth-order valence-electron chi connectivity index (χ4n) is 0.445. The Morgan fingerprint density at radius 2 is 1.73 bits per heavy atom. The predicted molar refractivity (Wildman–Crippen MR) is 50.1 cm³/mol. The van der Waals surface area contributed by atoms with Gasteiger partial charge in [0.1, 0.15) is 0 Å². The second kappa shape index (κ2) is 4.08. The smallest absolute Gasteiger partial charge is 0.0233 e.